The van der Waals surface area contributed by atoms with E-state index in [0.29, 0.717) is 18.1 Å². The van der Waals surface area contributed by atoms with E-state index in [1.165, 1.54) is 6.07 Å². The second kappa shape index (κ2) is 8.71. The fourth-order valence-corrected chi connectivity index (χ4v) is 6.04. The molecule has 0 aromatic heterocycles. The van der Waals surface area contributed by atoms with E-state index in [2.05, 4.69) is 20.8 Å². The van der Waals surface area contributed by atoms with Crippen LogP contribution in [0.3, 0.4) is 0 Å². The van der Waals surface area contributed by atoms with Gasteiger partial charge in [0.1, 0.15) is 6.61 Å². The maximum atomic E-state index is 13.6. The number of hydrogen-bond acceptors (Lipinski definition) is 2. The highest BCUT2D eigenvalue weighted by molar-refractivity contribution is 7.80. The molecule has 166 valence electrons. The summed E-state index contributed by atoms with van der Waals surface area (Å²) in [6, 6.07) is 23.6. The Morgan fingerprint density at radius 3 is 1.88 bits per heavy atom. The average molecular weight is 455 g/mol. The van der Waals surface area contributed by atoms with Crippen LogP contribution >= 0.6 is 7.92 Å². The molecular formula is C26H25F3NOP. The Balaban J connectivity index is 1.92. The summed E-state index contributed by atoms with van der Waals surface area (Å²) in [5, 5.41) is 2.92. The minimum atomic E-state index is -4.45. The fraction of sp³-hybridized carbons (Fsp3) is 0.269. The molecule has 0 N–H and O–H groups in total. The van der Waals surface area contributed by atoms with Crippen molar-refractivity contribution in [1.29, 1.82) is 0 Å². The van der Waals surface area contributed by atoms with Crippen molar-refractivity contribution in [2.24, 2.45) is 10.4 Å². The lowest BCUT2D eigenvalue weighted by Crippen LogP contribution is -2.26. The number of alkyl halides is 3. The van der Waals surface area contributed by atoms with Crippen molar-refractivity contribution in [2.45, 2.75) is 33.0 Å². The maximum Gasteiger partial charge on any atom is 0.416 e. The number of nitrogens with zero attached hydrogens (tertiary/aromatic N) is 1. The molecule has 1 atom stereocenters. The third-order valence-electron chi connectivity index (χ3n) is 5.47. The lowest BCUT2D eigenvalue weighted by molar-refractivity contribution is -0.137. The third-order valence-corrected chi connectivity index (χ3v) is 7.98. The minimum absolute atomic E-state index is 0.112. The van der Waals surface area contributed by atoms with Crippen molar-refractivity contribution in [1.82, 2.24) is 0 Å². The molecule has 0 amide bonds. The highest BCUT2D eigenvalue weighted by Crippen LogP contribution is 2.38. The molecule has 6 heteroatoms. The van der Waals surface area contributed by atoms with Gasteiger partial charge in [-0.2, -0.15) is 13.2 Å². The smallest absolute Gasteiger partial charge is 0.416 e. The van der Waals surface area contributed by atoms with Gasteiger partial charge in [-0.1, -0.05) is 87.5 Å². The minimum Gasteiger partial charge on any atom is -0.475 e. The van der Waals surface area contributed by atoms with E-state index in [0.717, 1.165) is 22.0 Å². The quantitative estimate of drug-likeness (QED) is 0.466. The summed E-state index contributed by atoms with van der Waals surface area (Å²) in [6.07, 6.45) is -4.45. The summed E-state index contributed by atoms with van der Waals surface area (Å²) >= 11 is 0. The molecule has 3 aromatic rings. The van der Waals surface area contributed by atoms with Gasteiger partial charge in [-0.3, -0.25) is 0 Å². The van der Waals surface area contributed by atoms with Crippen LogP contribution in [0.25, 0.3) is 0 Å². The highest BCUT2D eigenvalue weighted by Gasteiger charge is 2.36. The van der Waals surface area contributed by atoms with E-state index in [1.54, 1.807) is 6.07 Å². The molecule has 0 saturated heterocycles. The third kappa shape index (κ3) is 4.73. The van der Waals surface area contributed by atoms with E-state index in [-0.39, 0.29) is 11.5 Å². The van der Waals surface area contributed by atoms with Crippen molar-refractivity contribution in [3.63, 3.8) is 0 Å². The first-order valence-electron chi connectivity index (χ1n) is 10.5. The van der Waals surface area contributed by atoms with E-state index in [1.807, 2.05) is 60.7 Å². The lowest BCUT2D eigenvalue weighted by Gasteiger charge is -2.23. The topological polar surface area (TPSA) is 21.6 Å². The summed E-state index contributed by atoms with van der Waals surface area (Å²) in [4.78, 5) is 4.72. The molecule has 1 aliphatic heterocycles. The molecule has 1 unspecified atom stereocenters. The standard InChI is InChI=1S/C26H25F3NOP/c1-25(2,3)23-17-31-24(30-23)21-16-18(26(27,28)29)14-15-22(21)32(19-10-6-4-7-11-19)20-12-8-5-9-13-20/h4-16,23H,17H2,1-3H3. The van der Waals surface area contributed by atoms with E-state index >= 15 is 0 Å². The maximum absolute atomic E-state index is 13.6. The van der Waals surface area contributed by atoms with Crippen LogP contribution in [0.2, 0.25) is 0 Å². The van der Waals surface area contributed by atoms with Crippen molar-refractivity contribution < 1.29 is 17.9 Å². The first-order valence-corrected chi connectivity index (χ1v) is 11.8. The predicted octanol–water partition coefficient (Wildman–Crippen LogP) is 5.66. The molecule has 0 radical (unpaired) electrons. The largest absolute Gasteiger partial charge is 0.475 e. The van der Waals surface area contributed by atoms with E-state index in [9.17, 15) is 13.2 Å². The molecule has 1 aliphatic rings. The van der Waals surface area contributed by atoms with E-state index in [4.69, 9.17) is 9.73 Å². The molecule has 4 rings (SSSR count). The first-order chi connectivity index (χ1) is 15.1. The van der Waals surface area contributed by atoms with Gasteiger partial charge in [0.15, 0.2) is 0 Å². The van der Waals surface area contributed by atoms with Crippen molar-refractivity contribution >= 4 is 29.7 Å². The zero-order chi connectivity index (χ0) is 22.9. The number of aliphatic imine (C=N–C) groups is 1. The lowest BCUT2D eigenvalue weighted by atomic mass is 9.88. The van der Waals surface area contributed by atoms with Crippen LogP contribution in [0.4, 0.5) is 13.2 Å². The van der Waals surface area contributed by atoms with Crippen LogP contribution in [-0.4, -0.2) is 18.5 Å². The summed E-state index contributed by atoms with van der Waals surface area (Å²) in [6.45, 7) is 6.53. The molecule has 0 bridgehead atoms. The fourth-order valence-electron chi connectivity index (χ4n) is 3.62. The molecule has 0 fully saturated rings. The summed E-state index contributed by atoms with van der Waals surface area (Å²) in [7, 11) is -1.10. The van der Waals surface area contributed by atoms with Gasteiger partial charge in [0.25, 0.3) is 0 Å². The molecule has 1 heterocycles. The summed E-state index contributed by atoms with van der Waals surface area (Å²) in [5.41, 5.74) is -0.420. The van der Waals surface area contributed by atoms with Crippen LogP contribution in [-0.2, 0) is 10.9 Å². The second-order valence-corrected chi connectivity index (χ2v) is 11.0. The zero-order valence-corrected chi connectivity index (χ0v) is 19.1. The predicted molar refractivity (Wildman–Crippen MR) is 126 cm³/mol. The number of benzene rings is 3. The van der Waals surface area contributed by atoms with Gasteiger partial charge in [-0.25, -0.2) is 4.99 Å². The Hall–Kier alpha value is -2.65. The highest BCUT2D eigenvalue weighted by atomic mass is 31.1. The van der Waals surface area contributed by atoms with Gasteiger partial charge in [-0.05, 0) is 41.4 Å². The molecule has 0 aliphatic carbocycles. The second-order valence-electron chi connectivity index (χ2n) is 8.86. The Labute approximate surface area is 187 Å². The van der Waals surface area contributed by atoms with Crippen molar-refractivity contribution in [3.8, 4) is 0 Å². The van der Waals surface area contributed by atoms with Gasteiger partial charge in [0.2, 0.25) is 5.90 Å². The van der Waals surface area contributed by atoms with Crippen LogP contribution in [0.1, 0.15) is 31.9 Å². The number of ether oxygens (including phenoxy) is 1. The van der Waals surface area contributed by atoms with Gasteiger partial charge in [0.05, 0.1) is 11.6 Å². The molecule has 0 saturated carbocycles. The van der Waals surface area contributed by atoms with Crippen molar-refractivity contribution in [3.05, 3.63) is 90.0 Å². The Kier molecular flexibility index (Phi) is 6.13. The normalized spacial score (nSPS) is 16.7. The monoisotopic (exact) mass is 455 g/mol. The first kappa shape index (κ1) is 22.5. The molecular weight excluding hydrogens is 430 g/mol. The van der Waals surface area contributed by atoms with E-state index < -0.39 is 19.7 Å². The van der Waals surface area contributed by atoms with Gasteiger partial charge < -0.3 is 4.74 Å². The summed E-state index contributed by atoms with van der Waals surface area (Å²) < 4.78 is 46.8. The molecule has 0 spiro atoms. The molecule has 32 heavy (non-hydrogen) atoms. The molecule has 2 nitrogen and oxygen atoms in total. The summed E-state index contributed by atoms with van der Waals surface area (Å²) in [5.74, 6) is 0.297. The van der Waals surface area contributed by atoms with Crippen molar-refractivity contribution in [2.75, 3.05) is 6.61 Å². The zero-order valence-electron chi connectivity index (χ0n) is 18.2. The van der Waals surface area contributed by atoms with Crippen LogP contribution in [0.15, 0.2) is 83.9 Å². The number of rotatable bonds is 4. The van der Waals surface area contributed by atoms with Gasteiger partial charge in [-0.15, -0.1) is 0 Å². The average Bonchev–Trinajstić information content (AvgIpc) is 3.26. The van der Waals surface area contributed by atoms with Gasteiger partial charge >= 0.3 is 6.18 Å². The van der Waals surface area contributed by atoms with Crippen LogP contribution < -0.4 is 15.9 Å². The number of halogens is 3. The van der Waals surface area contributed by atoms with Gasteiger partial charge in [0, 0.05) is 5.56 Å². The Bertz CT molecular complexity index is 1070. The SMILES string of the molecule is CC(C)(C)C1COC(c2cc(C(F)(F)F)ccc2P(c2ccccc2)c2ccccc2)=N1. The Morgan fingerprint density at radius 2 is 1.41 bits per heavy atom. The molecule has 3 aromatic carbocycles. The van der Waals surface area contributed by atoms with Crippen LogP contribution in [0, 0.1) is 5.41 Å². The van der Waals surface area contributed by atoms with Crippen LogP contribution in [0.5, 0.6) is 0 Å². The number of hydrogen-bond donors (Lipinski definition) is 0. The Morgan fingerprint density at radius 1 is 0.844 bits per heavy atom.